The number of carbonyl (C=O) groups is 2. The molecular weight excluding hydrogens is 513 g/mol. The number of morpholine rings is 1. The van der Waals surface area contributed by atoms with Gasteiger partial charge in [-0.15, -0.1) is 0 Å². The van der Waals surface area contributed by atoms with E-state index in [9.17, 15) is 9.59 Å². The summed E-state index contributed by atoms with van der Waals surface area (Å²) in [6, 6.07) is 16.6. The van der Waals surface area contributed by atoms with E-state index in [1.165, 1.54) is 6.08 Å². The number of hydrogen-bond donors (Lipinski definition) is 1. The number of ether oxygens (including phenoxy) is 1. The van der Waals surface area contributed by atoms with Gasteiger partial charge in [0.15, 0.2) is 5.58 Å². The summed E-state index contributed by atoms with van der Waals surface area (Å²) in [5, 5.41) is 4.48. The molecule has 0 unspecified atom stereocenters. The van der Waals surface area contributed by atoms with Crippen LogP contribution in [0.15, 0.2) is 71.3 Å². The Morgan fingerprint density at radius 2 is 1.78 bits per heavy atom. The molecule has 1 aliphatic heterocycles. The van der Waals surface area contributed by atoms with Crippen LogP contribution in [0.5, 0.6) is 0 Å². The summed E-state index contributed by atoms with van der Waals surface area (Å²) in [6.07, 6.45) is 4.66. The Balaban J connectivity index is 1.26. The molecule has 0 bridgehead atoms. The molecule has 1 aliphatic rings. The van der Waals surface area contributed by atoms with Crippen LogP contribution in [0.1, 0.15) is 21.7 Å². The van der Waals surface area contributed by atoms with Crippen molar-refractivity contribution in [2.45, 2.75) is 6.54 Å². The molecule has 0 aliphatic carbocycles. The van der Waals surface area contributed by atoms with Gasteiger partial charge in [-0.2, -0.15) is 0 Å². The lowest BCUT2D eigenvalue weighted by Crippen LogP contribution is -2.40. The average Bonchev–Trinajstić information content (AvgIpc) is 3.35. The van der Waals surface area contributed by atoms with Crippen LogP contribution in [0.2, 0.25) is 10.2 Å². The van der Waals surface area contributed by atoms with Gasteiger partial charge in [0, 0.05) is 36.3 Å². The molecule has 188 valence electrons. The summed E-state index contributed by atoms with van der Waals surface area (Å²) in [5.74, 6) is 0.314. The maximum Gasteiger partial charge on any atom is 0.254 e. The van der Waals surface area contributed by atoms with E-state index in [4.69, 9.17) is 32.4 Å². The number of nitrogens with zero attached hydrogens (tertiary/aromatic N) is 2. The summed E-state index contributed by atoms with van der Waals surface area (Å²) in [6.45, 7) is 2.55. The third kappa shape index (κ3) is 6.02. The highest BCUT2D eigenvalue weighted by atomic mass is 35.5. The Bertz CT molecular complexity index is 1460. The van der Waals surface area contributed by atoms with E-state index >= 15 is 0 Å². The van der Waals surface area contributed by atoms with Gasteiger partial charge in [-0.25, -0.2) is 4.98 Å². The Labute approximate surface area is 223 Å². The summed E-state index contributed by atoms with van der Waals surface area (Å²) in [7, 11) is 0. The van der Waals surface area contributed by atoms with Crippen LogP contribution >= 0.6 is 23.2 Å². The lowest BCUT2D eigenvalue weighted by atomic mass is 10.0. The summed E-state index contributed by atoms with van der Waals surface area (Å²) < 4.78 is 11.2. The molecule has 5 rings (SSSR count). The number of fused-ring (bicyclic) bond motifs is 1. The molecule has 0 saturated carbocycles. The average molecular weight is 536 g/mol. The second kappa shape index (κ2) is 11.2. The molecule has 2 aromatic heterocycles. The fourth-order valence-electron chi connectivity index (χ4n) is 4.06. The highest BCUT2D eigenvalue weighted by Crippen LogP contribution is 2.33. The van der Waals surface area contributed by atoms with Crippen LogP contribution in [0.4, 0.5) is 0 Å². The molecule has 3 heterocycles. The van der Waals surface area contributed by atoms with E-state index in [1.54, 1.807) is 29.3 Å². The second-order valence-corrected chi connectivity index (χ2v) is 9.33. The largest absolute Gasteiger partial charge is 0.458 e. The number of halogens is 2. The van der Waals surface area contributed by atoms with Crippen LogP contribution in [-0.4, -0.2) is 48.0 Å². The predicted molar refractivity (Wildman–Crippen MR) is 144 cm³/mol. The van der Waals surface area contributed by atoms with Gasteiger partial charge in [0.2, 0.25) is 5.91 Å². The molecule has 4 aromatic rings. The van der Waals surface area contributed by atoms with Crippen molar-refractivity contribution >= 4 is 52.1 Å². The van der Waals surface area contributed by atoms with Gasteiger partial charge < -0.3 is 19.4 Å². The molecule has 9 heteroatoms. The van der Waals surface area contributed by atoms with Gasteiger partial charge in [-0.3, -0.25) is 9.59 Å². The summed E-state index contributed by atoms with van der Waals surface area (Å²) in [5.41, 5.74) is 3.79. The summed E-state index contributed by atoms with van der Waals surface area (Å²) >= 11 is 12.3. The molecule has 0 radical (unpaired) electrons. The van der Waals surface area contributed by atoms with Crippen LogP contribution in [0.3, 0.4) is 0 Å². The number of amides is 2. The SMILES string of the molecule is O=C(C=Cc1ccc(Cl)nc1)NCc1cc2cc(-c3ccc(C(=O)N4CCOCC4)cc3)cc(Cl)c2o1. The Hall–Kier alpha value is -3.65. The second-order valence-electron chi connectivity index (χ2n) is 8.54. The van der Waals surface area contributed by atoms with Crippen LogP contribution in [0, 0.1) is 0 Å². The Morgan fingerprint density at radius 1 is 1.00 bits per heavy atom. The smallest absolute Gasteiger partial charge is 0.254 e. The van der Waals surface area contributed by atoms with Crippen molar-refractivity contribution in [1.82, 2.24) is 15.2 Å². The van der Waals surface area contributed by atoms with Gasteiger partial charge in [0.1, 0.15) is 10.9 Å². The minimum atomic E-state index is -0.270. The topological polar surface area (TPSA) is 84.7 Å². The zero-order chi connectivity index (χ0) is 25.8. The quantitative estimate of drug-likeness (QED) is 0.256. The number of aromatic nitrogens is 1. The lowest BCUT2D eigenvalue weighted by Gasteiger charge is -2.26. The molecule has 1 fully saturated rings. The van der Waals surface area contributed by atoms with Crippen LogP contribution in [0.25, 0.3) is 28.2 Å². The molecule has 7 nitrogen and oxygen atoms in total. The van der Waals surface area contributed by atoms with Crippen molar-refractivity contribution in [2.24, 2.45) is 0 Å². The molecule has 2 amide bonds. The van der Waals surface area contributed by atoms with Crippen molar-refractivity contribution < 1.29 is 18.7 Å². The molecule has 1 saturated heterocycles. The number of carbonyl (C=O) groups excluding carboxylic acids is 2. The maximum atomic E-state index is 12.7. The van der Waals surface area contributed by atoms with E-state index in [1.807, 2.05) is 42.5 Å². The predicted octanol–water partition coefficient (Wildman–Crippen LogP) is 5.60. The maximum absolute atomic E-state index is 12.7. The number of hydrogen-bond acceptors (Lipinski definition) is 5. The van der Waals surface area contributed by atoms with E-state index in [0.29, 0.717) is 53.4 Å². The van der Waals surface area contributed by atoms with Crippen molar-refractivity contribution in [3.05, 3.63) is 93.9 Å². The van der Waals surface area contributed by atoms with E-state index < -0.39 is 0 Å². The number of pyridine rings is 1. The zero-order valence-corrected chi connectivity index (χ0v) is 21.3. The highest BCUT2D eigenvalue weighted by Gasteiger charge is 2.18. The first-order valence-electron chi connectivity index (χ1n) is 11.7. The zero-order valence-electron chi connectivity index (χ0n) is 19.7. The Kier molecular flexibility index (Phi) is 7.55. The third-order valence-corrected chi connectivity index (χ3v) is 6.50. The third-order valence-electron chi connectivity index (χ3n) is 6.00. The fourth-order valence-corrected chi connectivity index (χ4v) is 4.44. The number of furan rings is 1. The van der Waals surface area contributed by atoms with Crippen molar-refractivity contribution in [2.75, 3.05) is 26.3 Å². The minimum Gasteiger partial charge on any atom is -0.458 e. The van der Waals surface area contributed by atoms with Crippen molar-refractivity contribution in [1.29, 1.82) is 0 Å². The molecule has 0 atom stereocenters. The number of rotatable bonds is 6. The van der Waals surface area contributed by atoms with E-state index in [-0.39, 0.29) is 18.4 Å². The lowest BCUT2D eigenvalue weighted by molar-refractivity contribution is -0.116. The molecule has 2 aromatic carbocycles. The molecular formula is C28H23Cl2N3O4. The van der Waals surface area contributed by atoms with Gasteiger partial charge >= 0.3 is 0 Å². The number of benzene rings is 2. The van der Waals surface area contributed by atoms with Crippen LogP contribution < -0.4 is 5.32 Å². The Morgan fingerprint density at radius 3 is 2.51 bits per heavy atom. The minimum absolute atomic E-state index is 0.00420. The molecule has 1 N–H and O–H groups in total. The normalized spacial score (nSPS) is 13.8. The van der Waals surface area contributed by atoms with E-state index in [0.717, 1.165) is 22.1 Å². The summed E-state index contributed by atoms with van der Waals surface area (Å²) in [4.78, 5) is 30.7. The van der Waals surface area contributed by atoms with Crippen molar-refractivity contribution in [3.63, 3.8) is 0 Å². The molecule has 37 heavy (non-hydrogen) atoms. The monoisotopic (exact) mass is 535 g/mol. The van der Waals surface area contributed by atoms with Gasteiger partial charge in [0.05, 0.1) is 24.8 Å². The fraction of sp³-hybridized carbons (Fsp3) is 0.179. The first kappa shape index (κ1) is 25.0. The number of nitrogens with one attached hydrogen (secondary N) is 1. The van der Waals surface area contributed by atoms with Crippen LogP contribution in [-0.2, 0) is 16.1 Å². The van der Waals surface area contributed by atoms with Gasteiger partial charge in [-0.1, -0.05) is 41.4 Å². The molecule has 0 spiro atoms. The first-order chi connectivity index (χ1) is 18.0. The van der Waals surface area contributed by atoms with Gasteiger partial charge in [-0.05, 0) is 59.2 Å². The van der Waals surface area contributed by atoms with E-state index in [2.05, 4.69) is 10.3 Å². The standard InChI is InChI=1S/C28H23Cl2N3O4/c29-24-15-21(19-3-5-20(6-4-19)28(35)33-9-11-36-12-10-33)13-22-14-23(37-27(22)24)17-32-26(34)8-2-18-1-7-25(30)31-16-18/h1-8,13-16H,9-12,17H2,(H,32,34). The highest BCUT2D eigenvalue weighted by molar-refractivity contribution is 6.35. The first-order valence-corrected chi connectivity index (χ1v) is 12.5. The van der Waals surface area contributed by atoms with Crippen molar-refractivity contribution in [3.8, 4) is 11.1 Å². The van der Waals surface area contributed by atoms with Gasteiger partial charge in [0.25, 0.3) is 5.91 Å².